The minimum absolute atomic E-state index is 0.0340. The zero-order valence-corrected chi connectivity index (χ0v) is 9.10. The molecule has 86 valence electrons. The fraction of sp³-hybridized carbons (Fsp3) is 0.273. The summed E-state index contributed by atoms with van der Waals surface area (Å²) in [5.74, 6) is 0.0571. The van der Waals surface area contributed by atoms with Gasteiger partial charge in [0.2, 0.25) is 5.91 Å². The third kappa shape index (κ3) is 3.61. The van der Waals surface area contributed by atoms with E-state index in [0.29, 0.717) is 12.1 Å². The van der Waals surface area contributed by atoms with E-state index in [1.807, 2.05) is 12.1 Å². The summed E-state index contributed by atoms with van der Waals surface area (Å²) >= 11 is 0. The van der Waals surface area contributed by atoms with Crippen molar-refractivity contribution in [3.63, 3.8) is 0 Å². The molecule has 0 unspecified atom stereocenters. The van der Waals surface area contributed by atoms with Gasteiger partial charge in [0.1, 0.15) is 0 Å². The molecule has 1 rings (SSSR count). The lowest BCUT2D eigenvalue weighted by Gasteiger charge is -2.03. The number of nitrogens with zero attached hydrogens (tertiary/aromatic N) is 1. The molecule has 16 heavy (non-hydrogen) atoms. The number of amides is 1. The minimum Gasteiger partial charge on any atom is -0.409 e. The molecule has 0 aromatic heterocycles. The average Bonchev–Trinajstić information content (AvgIpc) is 2.28. The summed E-state index contributed by atoms with van der Waals surface area (Å²) in [6, 6.07) is 7.32. The van der Waals surface area contributed by atoms with Crippen LogP contribution in [0.15, 0.2) is 29.4 Å². The molecule has 5 nitrogen and oxygen atoms in total. The van der Waals surface area contributed by atoms with E-state index in [1.54, 1.807) is 12.1 Å². The van der Waals surface area contributed by atoms with Crippen molar-refractivity contribution in [1.82, 2.24) is 5.32 Å². The molecule has 0 saturated heterocycles. The Morgan fingerprint density at radius 1 is 1.44 bits per heavy atom. The highest BCUT2D eigenvalue weighted by Crippen LogP contribution is 2.04. The number of oxime groups is 1. The van der Waals surface area contributed by atoms with Crippen LogP contribution in [0, 0.1) is 0 Å². The van der Waals surface area contributed by atoms with Crippen molar-refractivity contribution in [3.05, 3.63) is 35.4 Å². The van der Waals surface area contributed by atoms with Gasteiger partial charge < -0.3 is 16.3 Å². The largest absolute Gasteiger partial charge is 0.409 e. The highest BCUT2D eigenvalue weighted by molar-refractivity contribution is 5.96. The molecule has 0 bridgehead atoms. The second-order valence-corrected chi connectivity index (χ2v) is 3.42. The highest BCUT2D eigenvalue weighted by Gasteiger charge is 1.99. The predicted molar refractivity (Wildman–Crippen MR) is 61.3 cm³/mol. The standard InChI is InChI=1S/C11H15N3O2/c1-8(15)13-7-6-9-2-4-10(5-3-9)11(12)14-16/h2-5,16H,6-7H2,1H3,(H2,12,14)(H,13,15). The quantitative estimate of drug-likeness (QED) is 0.299. The molecule has 0 spiro atoms. The van der Waals surface area contributed by atoms with E-state index in [4.69, 9.17) is 10.9 Å². The van der Waals surface area contributed by atoms with Crippen molar-refractivity contribution in [2.75, 3.05) is 6.54 Å². The zero-order valence-electron chi connectivity index (χ0n) is 9.10. The van der Waals surface area contributed by atoms with Crippen LogP contribution in [0.5, 0.6) is 0 Å². The molecular formula is C11H15N3O2. The summed E-state index contributed by atoms with van der Waals surface area (Å²) in [5.41, 5.74) is 7.19. The lowest BCUT2D eigenvalue weighted by Crippen LogP contribution is -2.22. The molecule has 0 fully saturated rings. The van der Waals surface area contributed by atoms with Crippen LogP contribution in [0.3, 0.4) is 0 Å². The summed E-state index contributed by atoms with van der Waals surface area (Å²) in [6.07, 6.45) is 0.760. The van der Waals surface area contributed by atoms with Gasteiger partial charge >= 0.3 is 0 Å². The molecule has 0 atom stereocenters. The van der Waals surface area contributed by atoms with Crippen molar-refractivity contribution in [2.24, 2.45) is 10.9 Å². The normalized spacial score (nSPS) is 11.2. The fourth-order valence-corrected chi connectivity index (χ4v) is 1.28. The first-order valence-electron chi connectivity index (χ1n) is 4.94. The van der Waals surface area contributed by atoms with Crippen LogP contribution >= 0.6 is 0 Å². The summed E-state index contributed by atoms with van der Waals surface area (Å²) < 4.78 is 0. The Kier molecular flexibility index (Phi) is 4.32. The van der Waals surface area contributed by atoms with Crippen molar-refractivity contribution in [3.8, 4) is 0 Å². The Balaban J connectivity index is 2.55. The highest BCUT2D eigenvalue weighted by atomic mass is 16.4. The molecule has 1 amide bonds. The molecule has 1 aromatic carbocycles. The first-order valence-corrected chi connectivity index (χ1v) is 4.94. The van der Waals surface area contributed by atoms with E-state index in [-0.39, 0.29) is 11.7 Å². The number of carbonyl (C=O) groups excluding carboxylic acids is 1. The predicted octanol–water partition coefficient (Wildman–Crippen LogP) is 0.460. The van der Waals surface area contributed by atoms with Crippen LogP contribution in [-0.2, 0) is 11.2 Å². The van der Waals surface area contributed by atoms with Gasteiger partial charge in [-0.2, -0.15) is 0 Å². The van der Waals surface area contributed by atoms with Crippen molar-refractivity contribution >= 4 is 11.7 Å². The Labute approximate surface area is 94.0 Å². The SMILES string of the molecule is CC(=O)NCCc1ccc(C(N)=NO)cc1. The van der Waals surface area contributed by atoms with Crippen molar-refractivity contribution in [2.45, 2.75) is 13.3 Å². The number of hydrogen-bond acceptors (Lipinski definition) is 3. The van der Waals surface area contributed by atoms with Gasteiger partial charge in [-0.05, 0) is 12.0 Å². The Hall–Kier alpha value is -2.04. The molecule has 0 aliphatic heterocycles. The van der Waals surface area contributed by atoms with Gasteiger partial charge in [-0.25, -0.2) is 0 Å². The lowest BCUT2D eigenvalue weighted by atomic mass is 10.1. The zero-order chi connectivity index (χ0) is 12.0. The number of hydrogen-bond donors (Lipinski definition) is 3. The molecule has 0 aliphatic carbocycles. The number of carbonyl (C=O) groups is 1. The first kappa shape index (κ1) is 12.0. The van der Waals surface area contributed by atoms with E-state index in [9.17, 15) is 4.79 Å². The van der Waals surface area contributed by atoms with Crippen LogP contribution in [-0.4, -0.2) is 23.5 Å². The third-order valence-corrected chi connectivity index (χ3v) is 2.15. The van der Waals surface area contributed by atoms with E-state index < -0.39 is 0 Å². The number of nitrogens with one attached hydrogen (secondary N) is 1. The number of amidine groups is 1. The molecule has 0 aliphatic rings. The molecule has 0 heterocycles. The van der Waals surface area contributed by atoms with Crippen molar-refractivity contribution in [1.29, 1.82) is 0 Å². The van der Waals surface area contributed by atoms with Gasteiger partial charge in [0.15, 0.2) is 5.84 Å². The smallest absolute Gasteiger partial charge is 0.216 e. The molecule has 4 N–H and O–H groups in total. The minimum atomic E-state index is -0.0340. The maximum atomic E-state index is 10.6. The van der Waals surface area contributed by atoms with Crippen LogP contribution in [0.2, 0.25) is 0 Å². The topological polar surface area (TPSA) is 87.7 Å². The second-order valence-electron chi connectivity index (χ2n) is 3.42. The van der Waals surface area contributed by atoms with Gasteiger partial charge in [-0.3, -0.25) is 4.79 Å². The van der Waals surface area contributed by atoms with Crippen molar-refractivity contribution < 1.29 is 10.0 Å². The molecule has 1 aromatic rings. The van der Waals surface area contributed by atoms with Crippen LogP contribution in [0.1, 0.15) is 18.1 Å². The summed E-state index contributed by atoms with van der Waals surface area (Å²) in [6.45, 7) is 2.10. The number of nitrogens with two attached hydrogens (primary N) is 1. The Morgan fingerprint density at radius 3 is 2.56 bits per heavy atom. The van der Waals surface area contributed by atoms with E-state index in [2.05, 4.69) is 10.5 Å². The third-order valence-electron chi connectivity index (χ3n) is 2.15. The summed E-state index contributed by atoms with van der Waals surface area (Å²) in [5, 5.41) is 14.1. The molecule has 0 saturated carbocycles. The lowest BCUT2D eigenvalue weighted by molar-refractivity contribution is -0.118. The second kappa shape index (κ2) is 5.75. The van der Waals surface area contributed by atoms with Gasteiger partial charge in [-0.15, -0.1) is 0 Å². The maximum Gasteiger partial charge on any atom is 0.216 e. The van der Waals surface area contributed by atoms with Gasteiger partial charge in [0.25, 0.3) is 0 Å². The number of rotatable bonds is 4. The average molecular weight is 221 g/mol. The summed E-state index contributed by atoms with van der Waals surface area (Å²) in [4.78, 5) is 10.6. The molecule has 5 heteroatoms. The maximum absolute atomic E-state index is 10.6. The fourth-order valence-electron chi connectivity index (χ4n) is 1.28. The van der Waals surface area contributed by atoms with Gasteiger partial charge in [-0.1, -0.05) is 29.4 Å². The molecular weight excluding hydrogens is 206 g/mol. The van der Waals surface area contributed by atoms with Gasteiger partial charge in [0, 0.05) is 19.0 Å². The van der Waals surface area contributed by atoms with Crippen LogP contribution in [0.4, 0.5) is 0 Å². The first-order chi connectivity index (χ1) is 7.63. The van der Waals surface area contributed by atoms with Crippen LogP contribution < -0.4 is 11.1 Å². The van der Waals surface area contributed by atoms with Crippen LogP contribution in [0.25, 0.3) is 0 Å². The van der Waals surface area contributed by atoms with E-state index >= 15 is 0 Å². The number of benzene rings is 1. The van der Waals surface area contributed by atoms with E-state index in [0.717, 1.165) is 12.0 Å². The summed E-state index contributed by atoms with van der Waals surface area (Å²) in [7, 11) is 0. The Bertz CT molecular complexity index is 385. The Morgan fingerprint density at radius 2 is 2.06 bits per heavy atom. The van der Waals surface area contributed by atoms with E-state index in [1.165, 1.54) is 6.92 Å². The molecule has 0 radical (unpaired) electrons. The van der Waals surface area contributed by atoms with Gasteiger partial charge in [0.05, 0.1) is 0 Å². The monoisotopic (exact) mass is 221 g/mol.